The van der Waals surface area contributed by atoms with Gasteiger partial charge < -0.3 is 14.8 Å². The first-order valence-electron chi connectivity index (χ1n) is 11.4. The topological polar surface area (TPSA) is 54.3 Å². The Balaban J connectivity index is 1.49. The molecule has 1 saturated carbocycles. The molecule has 0 bridgehead atoms. The van der Waals surface area contributed by atoms with E-state index in [0.29, 0.717) is 35.4 Å². The van der Waals surface area contributed by atoms with Crippen LogP contribution in [0.2, 0.25) is 5.02 Å². The summed E-state index contributed by atoms with van der Waals surface area (Å²) < 4.78 is 15.9. The van der Waals surface area contributed by atoms with Gasteiger partial charge in [-0.2, -0.15) is 0 Å². The van der Waals surface area contributed by atoms with E-state index in [2.05, 4.69) is 5.32 Å². The molecular formula is C24H31ClFN3O2. The predicted molar refractivity (Wildman–Crippen MR) is 121 cm³/mol. The highest BCUT2D eigenvalue weighted by atomic mass is 35.5. The van der Waals surface area contributed by atoms with Crippen LogP contribution >= 0.6 is 11.6 Å². The molecule has 1 saturated heterocycles. The third-order valence-electron chi connectivity index (χ3n) is 6.81. The van der Waals surface area contributed by atoms with E-state index in [-0.39, 0.29) is 24.3 Å². The van der Waals surface area contributed by atoms with Crippen molar-refractivity contribution >= 4 is 34.3 Å². The summed E-state index contributed by atoms with van der Waals surface area (Å²) in [5, 5.41) is 4.19. The molecule has 0 spiro atoms. The zero-order valence-electron chi connectivity index (χ0n) is 18.1. The van der Waals surface area contributed by atoms with Crippen molar-refractivity contribution in [1.82, 2.24) is 14.8 Å². The molecule has 1 aromatic carbocycles. The van der Waals surface area contributed by atoms with Crippen LogP contribution in [0, 0.1) is 5.92 Å². The number of carbonyl (C=O) groups is 2. The normalized spacial score (nSPS) is 24.4. The number of halogens is 2. The van der Waals surface area contributed by atoms with Crippen LogP contribution in [0.1, 0.15) is 62.2 Å². The molecule has 0 radical (unpaired) electrons. The molecular weight excluding hydrogens is 417 g/mol. The number of carbonyl (C=O) groups excluding carboxylic acids is 2. The fraction of sp³-hybridized carbons (Fsp3) is 0.583. The smallest absolute Gasteiger partial charge is 0.253 e. The molecule has 0 atom stereocenters. The Bertz CT molecular complexity index is 955. The van der Waals surface area contributed by atoms with Gasteiger partial charge in [-0.15, -0.1) is 0 Å². The van der Waals surface area contributed by atoms with Gasteiger partial charge in [0, 0.05) is 31.2 Å². The summed E-state index contributed by atoms with van der Waals surface area (Å²) in [6.07, 6.45) is 7.63. The Morgan fingerprint density at radius 2 is 1.90 bits per heavy atom. The average Bonchev–Trinajstić information content (AvgIpc) is 3.13. The van der Waals surface area contributed by atoms with E-state index in [1.165, 1.54) is 6.42 Å². The highest BCUT2D eigenvalue weighted by Crippen LogP contribution is 2.34. The van der Waals surface area contributed by atoms with Crippen molar-refractivity contribution in [2.45, 2.75) is 64.1 Å². The molecule has 1 aliphatic carbocycles. The maximum absolute atomic E-state index is 14.0. The summed E-state index contributed by atoms with van der Waals surface area (Å²) >= 11 is 6.45. The number of rotatable bonds is 5. The number of likely N-dealkylation sites (tertiary alicyclic amines) is 1. The second-order valence-electron chi connectivity index (χ2n) is 9.31. The minimum atomic E-state index is -1.08. The molecule has 168 valence electrons. The van der Waals surface area contributed by atoms with Crippen molar-refractivity contribution in [2.75, 3.05) is 19.6 Å². The molecule has 1 aromatic heterocycles. The number of piperidine rings is 1. The van der Waals surface area contributed by atoms with Crippen LogP contribution in [-0.2, 0) is 11.3 Å². The quantitative estimate of drug-likeness (QED) is 0.704. The zero-order chi connectivity index (χ0) is 22.0. The van der Waals surface area contributed by atoms with Crippen molar-refractivity contribution in [3.05, 3.63) is 35.0 Å². The molecule has 2 amide bonds. The molecule has 1 aliphatic heterocycles. The van der Waals surface area contributed by atoms with Gasteiger partial charge in [-0.05, 0) is 69.9 Å². The number of benzene rings is 1. The van der Waals surface area contributed by atoms with Crippen LogP contribution in [0.25, 0.3) is 10.9 Å². The monoisotopic (exact) mass is 447 g/mol. The van der Waals surface area contributed by atoms with Crippen molar-refractivity contribution in [3.63, 3.8) is 0 Å². The average molecular weight is 448 g/mol. The molecule has 0 unspecified atom stereocenters. The first kappa shape index (κ1) is 22.1. The third-order valence-corrected chi connectivity index (χ3v) is 7.13. The van der Waals surface area contributed by atoms with E-state index in [1.807, 2.05) is 21.6 Å². The van der Waals surface area contributed by atoms with Gasteiger partial charge in [-0.3, -0.25) is 9.59 Å². The number of hydrogen-bond acceptors (Lipinski definition) is 2. The molecule has 31 heavy (non-hydrogen) atoms. The molecule has 7 heteroatoms. The third kappa shape index (κ3) is 5.05. The number of amides is 2. The second-order valence-corrected chi connectivity index (χ2v) is 9.72. The number of nitrogens with zero attached hydrogens (tertiary/aromatic N) is 2. The minimum Gasteiger partial charge on any atom is -0.352 e. The number of fused-ring (bicyclic) bond motifs is 1. The van der Waals surface area contributed by atoms with Crippen LogP contribution in [0.4, 0.5) is 4.39 Å². The SMILES string of the molecule is CC1(F)CCC(CNC(=O)c2cn(CC(=O)N3CCCCC3)c3cccc(Cl)c23)CC1. The van der Waals surface area contributed by atoms with Gasteiger partial charge in [-0.1, -0.05) is 17.7 Å². The lowest BCUT2D eigenvalue weighted by Crippen LogP contribution is -2.37. The second kappa shape index (κ2) is 9.19. The van der Waals surface area contributed by atoms with Crippen LogP contribution in [-0.4, -0.2) is 46.6 Å². The standard InChI is InChI=1S/C24H31ClFN3O2/c1-24(26)10-8-17(9-11-24)14-27-23(31)18-15-29(20-7-5-6-19(25)22(18)20)16-21(30)28-12-3-2-4-13-28/h5-7,15,17H,2-4,8-14,16H2,1H3,(H,27,31). The lowest BCUT2D eigenvalue weighted by molar-refractivity contribution is -0.132. The van der Waals surface area contributed by atoms with Crippen LogP contribution in [0.3, 0.4) is 0 Å². The largest absolute Gasteiger partial charge is 0.352 e. The van der Waals surface area contributed by atoms with E-state index >= 15 is 0 Å². The first-order valence-corrected chi connectivity index (χ1v) is 11.7. The van der Waals surface area contributed by atoms with E-state index < -0.39 is 5.67 Å². The summed E-state index contributed by atoms with van der Waals surface area (Å²) in [6.45, 7) is 3.97. The lowest BCUT2D eigenvalue weighted by atomic mass is 9.81. The Labute approximate surface area is 187 Å². The van der Waals surface area contributed by atoms with Gasteiger partial charge in [0.1, 0.15) is 12.2 Å². The molecule has 4 rings (SSSR count). The van der Waals surface area contributed by atoms with E-state index in [4.69, 9.17) is 11.6 Å². The summed E-state index contributed by atoms with van der Waals surface area (Å²) in [5.41, 5.74) is 0.189. The Morgan fingerprint density at radius 3 is 2.61 bits per heavy atom. The Morgan fingerprint density at radius 1 is 1.19 bits per heavy atom. The van der Waals surface area contributed by atoms with E-state index in [0.717, 1.165) is 44.3 Å². The Kier molecular flexibility index (Phi) is 6.56. The van der Waals surface area contributed by atoms with Gasteiger partial charge in [0.05, 0.1) is 16.1 Å². The van der Waals surface area contributed by atoms with Crippen molar-refractivity contribution in [2.24, 2.45) is 5.92 Å². The maximum Gasteiger partial charge on any atom is 0.253 e. The fourth-order valence-electron chi connectivity index (χ4n) is 4.82. The lowest BCUT2D eigenvalue weighted by Gasteiger charge is -2.31. The van der Waals surface area contributed by atoms with Gasteiger partial charge in [0.25, 0.3) is 5.91 Å². The van der Waals surface area contributed by atoms with Crippen molar-refractivity contribution < 1.29 is 14.0 Å². The summed E-state index contributed by atoms with van der Waals surface area (Å²) in [5.74, 6) is 0.160. The van der Waals surface area contributed by atoms with Gasteiger partial charge in [0.2, 0.25) is 5.91 Å². The van der Waals surface area contributed by atoms with Gasteiger partial charge >= 0.3 is 0 Å². The van der Waals surface area contributed by atoms with Crippen LogP contribution < -0.4 is 5.32 Å². The van der Waals surface area contributed by atoms with Crippen LogP contribution in [0.5, 0.6) is 0 Å². The van der Waals surface area contributed by atoms with Gasteiger partial charge in [0.15, 0.2) is 0 Å². The number of aromatic nitrogens is 1. The fourth-order valence-corrected chi connectivity index (χ4v) is 5.09. The Hall–Kier alpha value is -2.08. The molecule has 2 fully saturated rings. The highest BCUT2D eigenvalue weighted by molar-refractivity contribution is 6.36. The molecule has 5 nitrogen and oxygen atoms in total. The van der Waals surface area contributed by atoms with Gasteiger partial charge in [-0.25, -0.2) is 4.39 Å². The van der Waals surface area contributed by atoms with Crippen molar-refractivity contribution in [1.29, 1.82) is 0 Å². The molecule has 2 aromatic rings. The van der Waals surface area contributed by atoms with E-state index in [1.54, 1.807) is 19.2 Å². The number of nitrogens with one attached hydrogen (secondary N) is 1. The molecule has 2 aliphatic rings. The minimum absolute atomic E-state index is 0.0695. The zero-order valence-corrected chi connectivity index (χ0v) is 18.9. The number of alkyl halides is 1. The summed E-state index contributed by atoms with van der Waals surface area (Å²) in [7, 11) is 0. The first-order chi connectivity index (χ1) is 14.8. The van der Waals surface area contributed by atoms with Crippen LogP contribution in [0.15, 0.2) is 24.4 Å². The maximum atomic E-state index is 14.0. The summed E-state index contributed by atoms with van der Waals surface area (Å²) in [6, 6.07) is 5.50. The van der Waals surface area contributed by atoms with E-state index in [9.17, 15) is 14.0 Å². The summed E-state index contributed by atoms with van der Waals surface area (Å²) in [4.78, 5) is 27.7. The highest BCUT2D eigenvalue weighted by Gasteiger charge is 2.31. The predicted octanol–water partition coefficient (Wildman–Crippen LogP) is 4.96. The molecule has 1 N–H and O–H groups in total. The number of hydrogen-bond donors (Lipinski definition) is 1. The molecule has 2 heterocycles. The van der Waals surface area contributed by atoms with Crippen molar-refractivity contribution in [3.8, 4) is 0 Å².